The van der Waals surface area contributed by atoms with Crippen LogP contribution in [0, 0.1) is 11.3 Å². The van der Waals surface area contributed by atoms with E-state index in [0.717, 1.165) is 31.0 Å². The Labute approximate surface area is 130 Å². The summed E-state index contributed by atoms with van der Waals surface area (Å²) in [5.41, 5.74) is 1.32. The van der Waals surface area contributed by atoms with E-state index in [4.69, 9.17) is 5.26 Å². The number of anilines is 3. The average Bonchev–Trinajstić information content (AvgIpc) is 2.52. The highest BCUT2D eigenvalue weighted by molar-refractivity contribution is 5.65. The van der Waals surface area contributed by atoms with Crippen molar-refractivity contribution < 1.29 is 0 Å². The molecule has 0 amide bonds. The summed E-state index contributed by atoms with van der Waals surface area (Å²) in [5.74, 6) is 1.43. The molecule has 0 radical (unpaired) electrons. The van der Waals surface area contributed by atoms with Crippen molar-refractivity contribution in [3.63, 3.8) is 0 Å². The molecular weight excluding hydrogens is 276 g/mol. The summed E-state index contributed by atoms with van der Waals surface area (Å²) in [4.78, 5) is 10.5. The van der Waals surface area contributed by atoms with E-state index >= 15 is 0 Å². The van der Waals surface area contributed by atoms with Crippen molar-refractivity contribution in [3.05, 3.63) is 42.2 Å². The van der Waals surface area contributed by atoms with Crippen LogP contribution in [0.3, 0.4) is 0 Å². The van der Waals surface area contributed by atoms with Gasteiger partial charge in [0.25, 0.3) is 0 Å². The lowest BCUT2D eigenvalue weighted by Crippen LogP contribution is -2.16. The van der Waals surface area contributed by atoms with Crippen LogP contribution >= 0.6 is 0 Å². The van der Waals surface area contributed by atoms with Crippen LogP contribution in [-0.2, 0) is 0 Å². The van der Waals surface area contributed by atoms with Gasteiger partial charge in [-0.3, -0.25) is 0 Å². The van der Waals surface area contributed by atoms with Gasteiger partial charge in [0.2, 0.25) is 0 Å². The highest BCUT2D eigenvalue weighted by Gasteiger charge is 2.03. The second-order valence-corrected chi connectivity index (χ2v) is 5.15. The molecule has 0 saturated carbocycles. The van der Waals surface area contributed by atoms with Crippen molar-refractivity contribution in [3.8, 4) is 6.07 Å². The van der Waals surface area contributed by atoms with Gasteiger partial charge in [-0.15, -0.1) is 0 Å². The maximum atomic E-state index is 9.10. The van der Waals surface area contributed by atoms with Gasteiger partial charge in [0.05, 0.1) is 11.3 Å². The lowest BCUT2D eigenvalue weighted by atomic mass is 10.2. The van der Waals surface area contributed by atoms with Crippen molar-refractivity contribution in [2.45, 2.75) is 6.42 Å². The minimum absolute atomic E-state index is 0.585. The number of nitriles is 1. The normalized spacial score (nSPS) is 10.3. The standard InChI is InChI=1S/C16H20N6/c1-22(2)9-5-8-18-15-10-16(20-12-19-15)21-14-7-4-3-6-13(14)11-17/h3-4,6-7,10,12H,5,8-9H2,1-2H3,(H2,18,19,20,21). The van der Waals surface area contributed by atoms with Gasteiger partial charge in [0.15, 0.2) is 0 Å². The maximum absolute atomic E-state index is 9.10. The lowest BCUT2D eigenvalue weighted by Gasteiger charge is -2.11. The van der Waals surface area contributed by atoms with Gasteiger partial charge < -0.3 is 15.5 Å². The van der Waals surface area contributed by atoms with Gasteiger partial charge in [-0.05, 0) is 39.2 Å². The van der Waals surface area contributed by atoms with E-state index in [0.29, 0.717) is 11.4 Å². The second-order valence-electron chi connectivity index (χ2n) is 5.15. The van der Waals surface area contributed by atoms with Crippen LogP contribution < -0.4 is 10.6 Å². The fourth-order valence-corrected chi connectivity index (χ4v) is 1.96. The summed E-state index contributed by atoms with van der Waals surface area (Å²) in [6, 6.07) is 11.3. The van der Waals surface area contributed by atoms with Crippen molar-refractivity contribution in [1.29, 1.82) is 5.26 Å². The molecule has 1 heterocycles. The summed E-state index contributed by atoms with van der Waals surface area (Å²) in [6.07, 6.45) is 2.54. The third kappa shape index (κ3) is 4.72. The fourth-order valence-electron chi connectivity index (χ4n) is 1.96. The Kier molecular flexibility index (Phi) is 5.69. The zero-order valence-electron chi connectivity index (χ0n) is 12.9. The van der Waals surface area contributed by atoms with Gasteiger partial charge in [-0.2, -0.15) is 5.26 Å². The Bertz CT molecular complexity index is 647. The van der Waals surface area contributed by atoms with Crippen LogP contribution in [-0.4, -0.2) is 42.1 Å². The molecule has 114 valence electrons. The fraction of sp³-hybridized carbons (Fsp3) is 0.312. The Morgan fingerprint density at radius 2 is 1.95 bits per heavy atom. The van der Waals surface area contributed by atoms with Crippen LogP contribution in [0.15, 0.2) is 36.7 Å². The highest BCUT2D eigenvalue weighted by Crippen LogP contribution is 2.19. The molecule has 1 aromatic carbocycles. The van der Waals surface area contributed by atoms with Crippen LogP contribution in [0.4, 0.5) is 17.3 Å². The molecule has 0 saturated heterocycles. The Balaban J connectivity index is 1.98. The zero-order valence-corrected chi connectivity index (χ0v) is 12.9. The summed E-state index contributed by atoms with van der Waals surface area (Å²) in [6.45, 7) is 1.88. The van der Waals surface area contributed by atoms with Crippen LogP contribution in [0.25, 0.3) is 0 Å². The van der Waals surface area contributed by atoms with E-state index in [2.05, 4.69) is 45.7 Å². The van der Waals surface area contributed by atoms with Crippen molar-refractivity contribution in [1.82, 2.24) is 14.9 Å². The van der Waals surface area contributed by atoms with Gasteiger partial charge in [0.1, 0.15) is 24.0 Å². The topological polar surface area (TPSA) is 76.9 Å². The summed E-state index contributed by atoms with van der Waals surface area (Å²) in [7, 11) is 4.11. The predicted molar refractivity (Wildman–Crippen MR) is 88.1 cm³/mol. The minimum atomic E-state index is 0.585. The number of hydrogen-bond acceptors (Lipinski definition) is 6. The molecule has 0 aliphatic carbocycles. The summed E-state index contributed by atoms with van der Waals surface area (Å²) >= 11 is 0. The van der Waals surface area contributed by atoms with Crippen molar-refractivity contribution in [2.75, 3.05) is 37.8 Å². The van der Waals surface area contributed by atoms with Gasteiger partial charge in [-0.1, -0.05) is 12.1 Å². The number of benzene rings is 1. The Morgan fingerprint density at radius 1 is 1.18 bits per heavy atom. The molecular formula is C16H20N6. The Hall–Kier alpha value is -2.65. The molecule has 2 rings (SSSR count). The third-order valence-corrected chi connectivity index (χ3v) is 3.07. The van der Waals surface area contributed by atoms with Crippen molar-refractivity contribution >= 4 is 17.3 Å². The van der Waals surface area contributed by atoms with Gasteiger partial charge in [-0.25, -0.2) is 9.97 Å². The molecule has 1 aromatic heterocycles. The van der Waals surface area contributed by atoms with E-state index < -0.39 is 0 Å². The predicted octanol–water partition coefficient (Wildman–Crippen LogP) is 2.46. The molecule has 0 bridgehead atoms. The number of hydrogen-bond donors (Lipinski definition) is 2. The van der Waals surface area contributed by atoms with E-state index in [9.17, 15) is 0 Å². The van der Waals surface area contributed by atoms with E-state index in [1.165, 1.54) is 6.33 Å². The first-order chi connectivity index (χ1) is 10.7. The number of rotatable bonds is 7. The third-order valence-electron chi connectivity index (χ3n) is 3.07. The number of nitrogens with zero attached hydrogens (tertiary/aromatic N) is 4. The number of nitrogens with one attached hydrogen (secondary N) is 2. The van der Waals surface area contributed by atoms with Gasteiger partial charge in [0, 0.05) is 12.6 Å². The van der Waals surface area contributed by atoms with Crippen LogP contribution in [0.2, 0.25) is 0 Å². The molecule has 6 heteroatoms. The molecule has 2 N–H and O–H groups in total. The number of aromatic nitrogens is 2. The maximum Gasteiger partial charge on any atom is 0.135 e. The van der Waals surface area contributed by atoms with E-state index in [1.807, 2.05) is 24.3 Å². The Morgan fingerprint density at radius 3 is 2.73 bits per heavy atom. The summed E-state index contributed by atoms with van der Waals surface area (Å²) in [5, 5.41) is 15.5. The van der Waals surface area contributed by atoms with Crippen LogP contribution in [0.1, 0.15) is 12.0 Å². The largest absolute Gasteiger partial charge is 0.370 e. The first-order valence-corrected chi connectivity index (χ1v) is 7.16. The van der Waals surface area contributed by atoms with Gasteiger partial charge >= 0.3 is 0 Å². The first-order valence-electron chi connectivity index (χ1n) is 7.16. The van der Waals surface area contributed by atoms with E-state index in [1.54, 1.807) is 6.07 Å². The van der Waals surface area contributed by atoms with Crippen LogP contribution in [0.5, 0.6) is 0 Å². The quantitative estimate of drug-likeness (QED) is 0.764. The smallest absolute Gasteiger partial charge is 0.135 e. The molecule has 0 spiro atoms. The molecule has 0 atom stereocenters. The molecule has 0 unspecified atom stereocenters. The minimum Gasteiger partial charge on any atom is -0.370 e. The molecule has 2 aromatic rings. The molecule has 22 heavy (non-hydrogen) atoms. The SMILES string of the molecule is CN(C)CCCNc1cc(Nc2ccccc2C#N)ncn1. The molecule has 0 aliphatic heterocycles. The average molecular weight is 296 g/mol. The van der Waals surface area contributed by atoms with Crippen molar-refractivity contribution in [2.24, 2.45) is 0 Å². The first kappa shape index (κ1) is 15.7. The van der Waals surface area contributed by atoms with E-state index in [-0.39, 0.29) is 0 Å². The monoisotopic (exact) mass is 296 g/mol. The highest BCUT2D eigenvalue weighted by atomic mass is 15.1. The molecule has 0 fully saturated rings. The lowest BCUT2D eigenvalue weighted by molar-refractivity contribution is 0.405. The molecule has 0 aliphatic rings. The zero-order chi connectivity index (χ0) is 15.8. The summed E-state index contributed by atoms with van der Waals surface area (Å²) < 4.78 is 0. The number of para-hydroxylation sites is 1. The second kappa shape index (κ2) is 7.96. The molecule has 6 nitrogen and oxygen atoms in total.